The fourth-order valence-electron chi connectivity index (χ4n) is 3.61. The summed E-state index contributed by atoms with van der Waals surface area (Å²) in [7, 11) is -4.34. The van der Waals surface area contributed by atoms with Crippen molar-refractivity contribution >= 4 is 33.0 Å². The molecule has 3 aromatic rings. The summed E-state index contributed by atoms with van der Waals surface area (Å²) < 4.78 is 67.3. The molecule has 9 nitrogen and oxygen atoms in total. The van der Waals surface area contributed by atoms with E-state index in [0.29, 0.717) is 5.56 Å². The van der Waals surface area contributed by atoms with Crippen LogP contribution in [-0.4, -0.2) is 31.1 Å². The number of nitro groups is 1. The number of sulfonamides is 1. The van der Waals surface area contributed by atoms with Gasteiger partial charge < -0.3 is 0 Å². The van der Waals surface area contributed by atoms with E-state index in [4.69, 9.17) is 0 Å². The Kier molecular flexibility index (Phi) is 6.50. The summed E-state index contributed by atoms with van der Waals surface area (Å²) in [6.07, 6.45) is -4.99. The summed E-state index contributed by atoms with van der Waals surface area (Å²) >= 11 is 0. The zero-order valence-corrected chi connectivity index (χ0v) is 19.0. The normalized spacial score (nSPS) is 15.9. The highest BCUT2D eigenvalue weighted by molar-refractivity contribution is 7.90. The first kappa shape index (κ1) is 24.9. The molecular formula is C23H17F3N4O5S. The van der Waals surface area contributed by atoms with Crippen LogP contribution >= 0.6 is 0 Å². The third-order valence-electron chi connectivity index (χ3n) is 5.40. The number of nitro benzene ring substituents is 1. The number of halogens is 3. The molecule has 0 saturated heterocycles. The zero-order valence-electron chi connectivity index (χ0n) is 18.2. The summed E-state index contributed by atoms with van der Waals surface area (Å²) in [5.74, 6) is -1.00. The molecule has 1 aliphatic heterocycles. The van der Waals surface area contributed by atoms with Crippen molar-refractivity contribution < 1.29 is 31.3 Å². The van der Waals surface area contributed by atoms with Gasteiger partial charge in [-0.3, -0.25) is 19.9 Å². The van der Waals surface area contributed by atoms with Gasteiger partial charge in [-0.1, -0.05) is 30.3 Å². The van der Waals surface area contributed by atoms with Gasteiger partial charge in [0.1, 0.15) is 5.71 Å². The Hall–Kier alpha value is -4.26. The minimum atomic E-state index is -4.62. The number of benzene rings is 3. The molecule has 0 saturated carbocycles. The summed E-state index contributed by atoms with van der Waals surface area (Å²) in [6, 6.07) is 17.0. The molecule has 13 heteroatoms. The summed E-state index contributed by atoms with van der Waals surface area (Å²) in [5.41, 5.74) is -0.505. The predicted octanol–water partition coefficient (Wildman–Crippen LogP) is 4.58. The molecular weight excluding hydrogens is 501 g/mol. The third kappa shape index (κ3) is 5.20. The van der Waals surface area contributed by atoms with Crippen LogP contribution in [0.4, 0.5) is 24.5 Å². The molecule has 1 N–H and O–H groups in total. The highest BCUT2D eigenvalue weighted by Gasteiger charge is 2.43. The monoisotopic (exact) mass is 518 g/mol. The fourth-order valence-corrected chi connectivity index (χ4v) is 4.58. The van der Waals surface area contributed by atoms with Crippen molar-refractivity contribution in [3.63, 3.8) is 0 Å². The quantitative estimate of drug-likeness (QED) is 0.377. The van der Waals surface area contributed by atoms with Crippen LogP contribution in [0.25, 0.3) is 0 Å². The van der Waals surface area contributed by atoms with Crippen LogP contribution < -0.4 is 9.73 Å². The first-order valence-corrected chi connectivity index (χ1v) is 11.8. The average molecular weight is 518 g/mol. The molecule has 0 fully saturated rings. The van der Waals surface area contributed by atoms with Gasteiger partial charge in [-0.2, -0.15) is 18.3 Å². The molecule has 0 radical (unpaired) electrons. The molecule has 3 aromatic carbocycles. The largest absolute Gasteiger partial charge is 0.431 e. The molecule has 0 bridgehead atoms. The van der Waals surface area contributed by atoms with Crippen LogP contribution in [0.2, 0.25) is 0 Å². The van der Waals surface area contributed by atoms with Gasteiger partial charge in [-0.05, 0) is 42.0 Å². The molecule has 1 heterocycles. The number of rotatable bonds is 6. The lowest BCUT2D eigenvalue weighted by atomic mass is 10.0. The number of alkyl halides is 3. The van der Waals surface area contributed by atoms with Crippen molar-refractivity contribution in [2.24, 2.45) is 5.10 Å². The van der Waals surface area contributed by atoms with Gasteiger partial charge in [0, 0.05) is 24.1 Å². The fraction of sp³-hybridized carbons (Fsp3) is 0.130. The van der Waals surface area contributed by atoms with Crippen LogP contribution in [0, 0.1) is 10.1 Å². The Morgan fingerprint density at radius 3 is 2.17 bits per heavy atom. The van der Waals surface area contributed by atoms with Crippen LogP contribution in [-0.2, 0) is 10.0 Å². The van der Waals surface area contributed by atoms with Crippen LogP contribution in [0.1, 0.15) is 28.4 Å². The maximum Gasteiger partial charge on any atom is 0.431 e. The summed E-state index contributed by atoms with van der Waals surface area (Å²) in [6.45, 7) is 0. The third-order valence-corrected chi connectivity index (χ3v) is 6.75. The highest BCUT2D eigenvalue weighted by atomic mass is 32.2. The van der Waals surface area contributed by atoms with E-state index in [0.717, 1.165) is 36.4 Å². The lowest BCUT2D eigenvalue weighted by molar-refractivity contribution is -0.384. The second kappa shape index (κ2) is 9.41. The van der Waals surface area contributed by atoms with Crippen molar-refractivity contribution in [1.29, 1.82) is 0 Å². The number of nitrogens with zero attached hydrogens (tertiary/aromatic N) is 3. The first-order valence-electron chi connectivity index (χ1n) is 10.4. The van der Waals surface area contributed by atoms with Gasteiger partial charge in [0.05, 0.1) is 21.5 Å². The van der Waals surface area contributed by atoms with Gasteiger partial charge in [-0.15, -0.1) is 0 Å². The minimum Gasteiger partial charge on any atom is -0.268 e. The number of amides is 1. The molecule has 0 aromatic heterocycles. The lowest BCUT2D eigenvalue weighted by Crippen LogP contribution is -2.30. The first-order chi connectivity index (χ1) is 17.0. The topological polar surface area (TPSA) is 122 Å². The Bertz CT molecular complexity index is 1430. The Morgan fingerprint density at radius 1 is 1.00 bits per heavy atom. The molecule has 1 unspecified atom stereocenters. The molecule has 4 rings (SSSR count). The lowest BCUT2D eigenvalue weighted by Gasteiger charge is -2.24. The van der Waals surface area contributed by atoms with Crippen molar-refractivity contribution in [3.8, 4) is 0 Å². The van der Waals surface area contributed by atoms with E-state index in [1.54, 1.807) is 30.3 Å². The predicted molar refractivity (Wildman–Crippen MR) is 124 cm³/mol. The number of nitrogens with one attached hydrogen (secondary N) is 1. The SMILES string of the molecule is O=C(NS(=O)(=O)c1ccc(N2N=C(C(F)(F)F)CC2c2ccccc2)cc1)c1ccc([N+](=O)[O-])cc1. The molecule has 1 atom stereocenters. The van der Waals surface area contributed by atoms with Crippen LogP contribution in [0.3, 0.4) is 0 Å². The second-order valence-corrected chi connectivity index (χ2v) is 9.43. The maximum atomic E-state index is 13.4. The van der Waals surface area contributed by atoms with E-state index in [-0.39, 0.29) is 28.3 Å². The van der Waals surface area contributed by atoms with Crippen molar-refractivity contribution in [3.05, 3.63) is 100 Å². The van der Waals surface area contributed by atoms with Gasteiger partial charge in [0.15, 0.2) is 0 Å². The van der Waals surface area contributed by atoms with E-state index in [1.807, 2.05) is 4.72 Å². The molecule has 36 heavy (non-hydrogen) atoms. The van der Waals surface area contributed by atoms with Crippen molar-refractivity contribution in [2.75, 3.05) is 5.01 Å². The van der Waals surface area contributed by atoms with Gasteiger partial charge in [-0.25, -0.2) is 13.1 Å². The number of hydrazone groups is 1. The van der Waals surface area contributed by atoms with Gasteiger partial charge in [0.25, 0.3) is 21.6 Å². The van der Waals surface area contributed by atoms with Crippen molar-refractivity contribution in [1.82, 2.24) is 4.72 Å². The van der Waals surface area contributed by atoms with Crippen LogP contribution in [0.5, 0.6) is 0 Å². The average Bonchev–Trinajstić information content (AvgIpc) is 3.31. The van der Waals surface area contributed by atoms with E-state index >= 15 is 0 Å². The number of anilines is 1. The number of hydrogen-bond donors (Lipinski definition) is 1. The Morgan fingerprint density at radius 2 is 1.61 bits per heavy atom. The van der Waals surface area contributed by atoms with E-state index in [9.17, 15) is 36.5 Å². The summed E-state index contributed by atoms with van der Waals surface area (Å²) in [4.78, 5) is 22.1. The number of non-ortho nitro benzene ring substituents is 1. The van der Waals surface area contributed by atoms with Crippen molar-refractivity contribution in [2.45, 2.75) is 23.5 Å². The highest BCUT2D eigenvalue weighted by Crippen LogP contribution is 2.39. The van der Waals surface area contributed by atoms with E-state index in [1.165, 1.54) is 17.1 Å². The van der Waals surface area contributed by atoms with E-state index in [2.05, 4.69) is 5.10 Å². The van der Waals surface area contributed by atoms with Gasteiger partial charge in [0.2, 0.25) is 0 Å². The number of hydrogen-bond acceptors (Lipinski definition) is 7. The molecule has 1 amide bonds. The Balaban J connectivity index is 1.56. The molecule has 0 spiro atoms. The number of carbonyl (C=O) groups is 1. The molecule has 186 valence electrons. The second-order valence-electron chi connectivity index (χ2n) is 7.75. The minimum absolute atomic E-state index is 0.113. The maximum absolute atomic E-state index is 13.4. The number of carbonyl (C=O) groups excluding carboxylic acids is 1. The van der Waals surface area contributed by atoms with Crippen LogP contribution in [0.15, 0.2) is 88.9 Å². The van der Waals surface area contributed by atoms with E-state index < -0.39 is 38.8 Å². The summed E-state index contributed by atoms with van der Waals surface area (Å²) in [5, 5.41) is 15.7. The van der Waals surface area contributed by atoms with Gasteiger partial charge >= 0.3 is 6.18 Å². The zero-order chi connectivity index (χ0) is 26.1. The molecule has 1 aliphatic rings. The smallest absolute Gasteiger partial charge is 0.268 e. The molecule has 0 aliphatic carbocycles. The standard InChI is InChI=1S/C23H17F3N4O5S/c24-23(25,26)21-14-20(15-4-2-1-3-5-15)29(27-21)17-10-12-19(13-11-17)36(34,35)28-22(31)16-6-8-18(9-7-16)30(32)33/h1-13,20H,14H2,(H,28,31). The Labute approximate surface area is 203 Å².